The Morgan fingerprint density at radius 3 is 2.46 bits per heavy atom. The second-order valence-electron chi connectivity index (χ2n) is 6.82. The maximum Gasteiger partial charge on any atom is 0.320 e. The molecule has 0 amide bonds. The maximum absolute atomic E-state index is 11.9. The average molecular weight is 386 g/mol. The molecule has 1 saturated heterocycles. The molecule has 1 N–H and O–H groups in total. The lowest BCUT2D eigenvalue weighted by molar-refractivity contribution is -0.142. The number of carboxylic acids is 1. The maximum atomic E-state index is 11.9. The predicted octanol–water partition coefficient (Wildman–Crippen LogP) is 3.05. The van der Waals surface area contributed by atoms with Crippen molar-refractivity contribution in [2.45, 2.75) is 31.8 Å². The van der Waals surface area contributed by atoms with Crippen molar-refractivity contribution >= 4 is 5.97 Å². The number of pyridine rings is 1. The van der Waals surface area contributed by atoms with Crippen LogP contribution in [0.15, 0.2) is 30.5 Å². The van der Waals surface area contributed by atoms with Gasteiger partial charge in [-0.2, -0.15) is 0 Å². The monoisotopic (exact) mass is 386 g/mol. The first kappa shape index (κ1) is 19.9. The molecule has 7 nitrogen and oxygen atoms in total. The zero-order valence-corrected chi connectivity index (χ0v) is 16.6. The van der Waals surface area contributed by atoms with Crippen molar-refractivity contribution in [3.05, 3.63) is 47.3 Å². The van der Waals surface area contributed by atoms with Crippen molar-refractivity contribution in [1.82, 2.24) is 9.88 Å². The van der Waals surface area contributed by atoms with Crippen molar-refractivity contribution in [3.8, 4) is 17.2 Å². The molecule has 0 saturated carbocycles. The number of likely N-dealkylation sites (tertiary alicyclic amines) is 1. The van der Waals surface area contributed by atoms with Crippen LogP contribution < -0.4 is 14.2 Å². The first-order valence-corrected chi connectivity index (χ1v) is 9.21. The van der Waals surface area contributed by atoms with Gasteiger partial charge in [-0.15, -0.1) is 0 Å². The summed E-state index contributed by atoms with van der Waals surface area (Å²) in [6.45, 7) is 2.63. The summed E-state index contributed by atoms with van der Waals surface area (Å²) in [5, 5.41) is 9.74. The van der Waals surface area contributed by atoms with Crippen LogP contribution in [0.4, 0.5) is 0 Å². The van der Waals surface area contributed by atoms with Gasteiger partial charge in [0.15, 0.2) is 11.5 Å². The SMILES string of the molecule is COc1ccc(C(c2ccc(C)cn2)N2CCCC2C(=O)O)c(OC)c1OC. The van der Waals surface area contributed by atoms with Gasteiger partial charge < -0.3 is 19.3 Å². The van der Waals surface area contributed by atoms with Crippen LogP contribution >= 0.6 is 0 Å². The third-order valence-electron chi connectivity index (χ3n) is 5.15. The Balaban J connectivity index is 2.20. The molecule has 1 aliphatic rings. The van der Waals surface area contributed by atoms with E-state index >= 15 is 0 Å². The number of aromatic nitrogens is 1. The Morgan fingerprint density at radius 2 is 1.89 bits per heavy atom. The lowest BCUT2D eigenvalue weighted by Gasteiger charge is -2.32. The van der Waals surface area contributed by atoms with E-state index in [9.17, 15) is 9.90 Å². The number of aliphatic carboxylic acids is 1. The molecular formula is C21H26N2O5. The summed E-state index contributed by atoms with van der Waals surface area (Å²) in [6, 6.07) is 6.67. The third-order valence-corrected chi connectivity index (χ3v) is 5.15. The summed E-state index contributed by atoms with van der Waals surface area (Å²) < 4.78 is 16.6. The van der Waals surface area contributed by atoms with E-state index in [1.807, 2.05) is 36.1 Å². The van der Waals surface area contributed by atoms with Crippen LogP contribution in [-0.2, 0) is 4.79 Å². The van der Waals surface area contributed by atoms with Crippen LogP contribution in [0, 0.1) is 6.92 Å². The molecule has 1 aromatic heterocycles. The Morgan fingerprint density at radius 1 is 1.14 bits per heavy atom. The molecule has 2 aromatic rings. The molecule has 1 aromatic carbocycles. The molecule has 2 unspecified atom stereocenters. The van der Waals surface area contributed by atoms with Crippen LogP contribution in [0.1, 0.15) is 35.7 Å². The number of rotatable bonds is 7. The van der Waals surface area contributed by atoms with Crippen molar-refractivity contribution in [3.63, 3.8) is 0 Å². The molecule has 0 bridgehead atoms. The summed E-state index contributed by atoms with van der Waals surface area (Å²) in [4.78, 5) is 18.5. The van der Waals surface area contributed by atoms with Gasteiger partial charge in [0.2, 0.25) is 5.75 Å². The van der Waals surface area contributed by atoms with E-state index in [1.165, 1.54) is 0 Å². The number of aryl methyl sites for hydroxylation is 1. The van der Waals surface area contributed by atoms with Gasteiger partial charge in [0.25, 0.3) is 0 Å². The topological polar surface area (TPSA) is 81.1 Å². The third kappa shape index (κ3) is 3.62. The Labute approximate surface area is 164 Å². The first-order chi connectivity index (χ1) is 13.5. The molecule has 1 aliphatic heterocycles. The molecule has 3 rings (SSSR count). The minimum absolute atomic E-state index is 0.376. The van der Waals surface area contributed by atoms with E-state index in [1.54, 1.807) is 27.5 Å². The highest BCUT2D eigenvalue weighted by Crippen LogP contribution is 2.46. The number of ether oxygens (including phenoxy) is 3. The van der Waals surface area contributed by atoms with Crippen LogP contribution in [0.3, 0.4) is 0 Å². The van der Waals surface area contributed by atoms with E-state index in [0.717, 1.165) is 23.2 Å². The highest BCUT2D eigenvalue weighted by Gasteiger charge is 2.39. The first-order valence-electron chi connectivity index (χ1n) is 9.21. The second-order valence-corrected chi connectivity index (χ2v) is 6.82. The highest BCUT2D eigenvalue weighted by atomic mass is 16.5. The van der Waals surface area contributed by atoms with Gasteiger partial charge >= 0.3 is 5.97 Å². The van der Waals surface area contributed by atoms with Crippen LogP contribution in [0.25, 0.3) is 0 Å². The van der Waals surface area contributed by atoms with Crippen LogP contribution in [0.5, 0.6) is 17.2 Å². The summed E-state index contributed by atoms with van der Waals surface area (Å²) in [6.07, 6.45) is 3.21. The number of hydrogen-bond donors (Lipinski definition) is 1. The summed E-state index contributed by atoms with van der Waals surface area (Å²) >= 11 is 0. The number of nitrogens with zero attached hydrogens (tertiary/aromatic N) is 2. The average Bonchev–Trinajstić information content (AvgIpc) is 3.18. The fraction of sp³-hybridized carbons (Fsp3) is 0.429. The quantitative estimate of drug-likeness (QED) is 0.783. The van der Waals surface area contributed by atoms with E-state index < -0.39 is 12.0 Å². The minimum Gasteiger partial charge on any atom is -0.493 e. The Kier molecular flexibility index (Phi) is 6.04. The molecule has 2 heterocycles. The Hall–Kier alpha value is -2.80. The number of carbonyl (C=O) groups is 1. The number of benzene rings is 1. The second kappa shape index (κ2) is 8.48. The Bertz CT molecular complexity index is 837. The van der Waals surface area contributed by atoms with Gasteiger partial charge in [-0.05, 0) is 43.5 Å². The summed E-state index contributed by atoms with van der Waals surface area (Å²) in [7, 11) is 4.69. The van der Waals surface area contributed by atoms with Gasteiger partial charge in [-0.3, -0.25) is 14.7 Å². The zero-order chi connectivity index (χ0) is 20.3. The fourth-order valence-corrected chi connectivity index (χ4v) is 3.85. The highest BCUT2D eigenvalue weighted by molar-refractivity contribution is 5.74. The summed E-state index contributed by atoms with van der Waals surface area (Å²) in [5.41, 5.74) is 2.60. The van der Waals surface area contributed by atoms with E-state index in [-0.39, 0.29) is 6.04 Å². The van der Waals surface area contributed by atoms with Crippen molar-refractivity contribution in [1.29, 1.82) is 0 Å². The lowest BCUT2D eigenvalue weighted by atomic mass is 9.98. The molecule has 0 aliphatic carbocycles. The summed E-state index contributed by atoms with van der Waals surface area (Å²) in [5.74, 6) is 0.722. The zero-order valence-electron chi connectivity index (χ0n) is 16.6. The van der Waals surface area contributed by atoms with E-state index in [4.69, 9.17) is 14.2 Å². The molecule has 150 valence electrons. The van der Waals surface area contributed by atoms with Gasteiger partial charge in [-0.25, -0.2) is 0 Å². The smallest absolute Gasteiger partial charge is 0.320 e. The van der Waals surface area contributed by atoms with Crippen LogP contribution in [-0.4, -0.2) is 54.9 Å². The largest absolute Gasteiger partial charge is 0.493 e. The van der Waals surface area contributed by atoms with Crippen molar-refractivity contribution in [2.75, 3.05) is 27.9 Å². The number of carboxylic acid groups (broad SMARTS) is 1. The number of hydrogen-bond acceptors (Lipinski definition) is 6. The molecule has 28 heavy (non-hydrogen) atoms. The van der Waals surface area contributed by atoms with Gasteiger partial charge in [0.1, 0.15) is 6.04 Å². The van der Waals surface area contributed by atoms with Gasteiger partial charge in [-0.1, -0.05) is 6.07 Å². The number of methoxy groups -OCH3 is 3. The van der Waals surface area contributed by atoms with Gasteiger partial charge in [0, 0.05) is 18.3 Å². The fourth-order valence-electron chi connectivity index (χ4n) is 3.85. The van der Waals surface area contributed by atoms with E-state index in [0.29, 0.717) is 30.2 Å². The lowest BCUT2D eigenvalue weighted by Crippen LogP contribution is -2.39. The normalized spacial score (nSPS) is 17.9. The van der Waals surface area contributed by atoms with Crippen molar-refractivity contribution in [2.24, 2.45) is 0 Å². The van der Waals surface area contributed by atoms with Gasteiger partial charge in [0.05, 0.1) is 33.1 Å². The molecular weight excluding hydrogens is 360 g/mol. The van der Waals surface area contributed by atoms with Crippen LogP contribution in [0.2, 0.25) is 0 Å². The molecule has 7 heteroatoms. The predicted molar refractivity (Wildman–Crippen MR) is 104 cm³/mol. The molecule has 2 atom stereocenters. The molecule has 0 radical (unpaired) electrons. The molecule has 1 fully saturated rings. The van der Waals surface area contributed by atoms with Crippen molar-refractivity contribution < 1.29 is 24.1 Å². The molecule has 0 spiro atoms. The minimum atomic E-state index is -0.825. The standard InChI is InChI=1S/C21H26N2O5/c1-13-7-9-15(22-12-13)18(23-11-5-6-16(23)21(24)25)14-8-10-17(26-2)20(28-4)19(14)27-3/h7-10,12,16,18H,5-6,11H2,1-4H3,(H,24,25). The van der Waals surface area contributed by atoms with E-state index in [2.05, 4.69) is 4.98 Å².